The number of hydrogen-bond acceptors (Lipinski definition) is 6. The van der Waals surface area contributed by atoms with Crippen molar-refractivity contribution in [2.75, 3.05) is 52.4 Å². The third kappa shape index (κ3) is 7.63. The molecule has 2 unspecified atom stereocenters. The van der Waals surface area contributed by atoms with E-state index in [0.717, 1.165) is 52.4 Å². The molecule has 3 rings (SSSR count). The lowest BCUT2D eigenvalue weighted by atomic mass is 10.0. The van der Waals surface area contributed by atoms with Crippen LogP contribution in [0.4, 0.5) is 0 Å². The Balaban J connectivity index is 1.54. The van der Waals surface area contributed by atoms with Crippen LogP contribution in [0.15, 0.2) is 47.8 Å². The summed E-state index contributed by atoms with van der Waals surface area (Å²) in [5.74, 6) is -1.12. The van der Waals surface area contributed by atoms with Crippen molar-refractivity contribution in [2.24, 2.45) is 0 Å². The fourth-order valence-corrected chi connectivity index (χ4v) is 5.51. The zero-order chi connectivity index (χ0) is 24.3. The molecule has 0 spiro atoms. The number of nitrogens with one attached hydrogen (secondary N) is 2. The molecular weight excluding hydrogens is 446 g/mol. The van der Waals surface area contributed by atoms with Gasteiger partial charge in [-0.1, -0.05) is 50.2 Å². The van der Waals surface area contributed by atoms with Crippen molar-refractivity contribution in [3.8, 4) is 0 Å². The Morgan fingerprint density at radius 3 is 2.32 bits per heavy atom. The van der Waals surface area contributed by atoms with E-state index in [1.54, 1.807) is 11.3 Å². The number of amides is 2. The lowest BCUT2D eigenvalue weighted by Crippen LogP contribution is -2.53. The van der Waals surface area contributed by atoms with Crippen molar-refractivity contribution in [1.29, 1.82) is 0 Å². The zero-order valence-corrected chi connectivity index (χ0v) is 21.5. The van der Waals surface area contributed by atoms with E-state index < -0.39 is 11.8 Å². The molecular formula is C26H39N5O2S. The first-order chi connectivity index (χ1) is 16.5. The van der Waals surface area contributed by atoms with Gasteiger partial charge >= 0.3 is 11.8 Å². The van der Waals surface area contributed by atoms with Crippen LogP contribution < -0.4 is 10.6 Å². The smallest absolute Gasteiger partial charge is 0.309 e. The van der Waals surface area contributed by atoms with Crippen LogP contribution in [0.25, 0.3) is 0 Å². The molecule has 0 radical (unpaired) electrons. The Morgan fingerprint density at radius 2 is 1.71 bits per heavy atom. The highest BCUT2D eigenvalue weighted by Crippen LogP contribution is 2.29. The van der Waals surface area contributed by atoms with E-state index in [1.807, 2.05) is 19.1 Å². The van der Waals surface area contributed by atoms with Crippen LogP contribution in [-0.4, -0.2) is 84.9 Å². The molecule has 1 aliphatic rings. The van der Waals surface area contributed by atoms with Gasteiger partial charge in [-0.25, -0.2) is 0 Å². The van der Waals surface area contributed by atoms with Gasteiger partial charge in [-0.3, -0.25) is 19.4 Å². The van der Waals surface area contributed by atoms with E-state index in [0.29, 0.717) is 6.54 Å². The molecule has 0 aliphatic carbocycles. The molecule has 8 heteroatoms. The van der Waals surface area contributed by atoms with Crippen LogP contribution >= 0.6 is 11.3 Å². The number of piperazine rings is 1. The first kappa shape index (κ1) is 26.3. The van der Waals surface area contributed by atoms with E-state index in [1.165, 1.54) is 10.4 Å². The monoisotopic (exact) mass is 485 g/mol. The van der Waals surface area contributed by atoms with Crippen LogP contribution in [0.3, 0.4) is 0 Å². The van der Waals surface area contributed by atoms with Crippen LogP contribution in [0.5, 0.6) is 0 Å². The molecule has 2 heterocycles. The maximum atomic E-state index is 12.6. The Bertz CT molecular complexity index is 865. The fraction of sp³-hybridized carbons (Fsp3) is 0.538. The third-order valence-corrected chi connectivity index (χ3v) is 7.47. The third-order valence-electron chi connectivity index (χ3n) is 6.53. The summed E-state index contributed by atoms with van der Waals surface area (Å²) in [6, 6.07) is 14.6. The Kier molecular flexibility index (Phi) is 10.5. The molecule has 2 amide bonds. The molecule has 2 atom stereocenters. The molecule has 186 valence electrons. The second kappa shape index (κ2) is 13.6. The van der Waals surface area contributed by atoms with Gasteiger partial charge in [-0.2, -0.15) is 0 Å². The van der Waals surface area contributed by atoms with Gasteiger partial charge < -0.3 is 15.5 Å². The van der Waals surface area contributed by atoms with Gasteiger partial charge in [0, 0.05) is 56.7 Å². The minimum atomic E-state index is -0.559. The maximum absolute atomic E-state index is 12.6. The average molecular weight is 486 g/mol. The maximum Gasteiger partial charge on any atom is 0.309 e. The zero-order valence-electron chi connectivity index (χ0n) is 20.7. The number of carbonyl (C=O) groups is 2. The molecule has 0 bridgehead atoms. The molecule has 34 heavy (non-hydrogen) atoms. The largest absolute Gasteiger partial charge is 0.347 e. The van der Waals surface area contributed by atoms with Gasteiger partial charge in [0.25, 0.3) is 0 Å². The first-order valence-electron chi connectivity index (χ1n) is 12.4. The van der Waals surface area contributed by atoms with Crippen LogP contribution in [0.1, 0.15) is 37.3 Å². The Labute approximate surface area is 208 Å². The molecule has 7 nitrogen and oxygen atoms in total. The summed E-state index contributed by atoms with van der Waals surface area (Å²) in [5.41, 5.74) is 1.33. The predicted octanol–water partition coefficient (Wildman–Crippen LogP) is 2.57. The average Bonchev–Trinajstić information content (AvgIpc) is 3.38. The molecule has 1 aromatic heterocycles. The van der Waals surface area contributed by atoms with Crippen molar-refractivity contribution < 1.29 is 9.59 Å². The van der Waals surface area contributed by atoms with Crippen molar-refractivity contribution in [2.45, 2.75) is 39.4 Å². The summed E-state index contributed by atoms with van der Waals surface area (Å²) in [6.45, 7) is 14.0. The topological polar surface area (TPSA) is 67.9 Å². The van der Waals surface area contributed by atoms with E-state index in [9.17, 15) is 9.59 Å². The van der Waals surface area contributed by atoms with Crippen LogP contribution in [0.2, 0.25) is 0 Å². The molecule has 1 aliphatic heterocycles. The Hall–Kier alpha value is -2.26. The van der Waals surface area contributed by atoms with Gasteiger partial charge in [0.2, 0.25) is 0 Å². The number of nitrogens with zero attached hydrogens (tertiary/aromatic N) is 3. The second-order valence-corrected chi connectivity index (χ2v) is 9.78. The van der Waals surface area contributed by atoms with Crippen molar-refractivity contribution in [3.05, 3.63) is 58.3 Å². The normalized spacial score (nSPS) is 16.8. The molecule has 1 aromatic carbocycles. The standard InChI is InChI=1S/C26H39N5O2S/c1-4-29(5-2)14-13-27-25(32)26(33)28-21(3)24(23-12-9-19-34-23)31-17-15-30(16-18-31)20-22-10-7-6-8-11-22/h6-12,19,21,24H,4-5,13-18,20H2,1-3H3,(H,27,32)(H,28,33). The Morgan fingerprint density at radius 1 is 1.00 bits per heavy atom. The minimum Gasteiger partial charge on any atom is -0.347 e. The number of thiophene rings is 1. The van der Waals surface area contributed by atoms with Crippen molar-refractivity contribution in [3.63, 3.8) is 0 Å². The summed E-state index contributed by atoms with van der Waals surface area (Å²) >= 11 is 1.70. The van der Waals surface area contributed by atoms with Gasteiger partial charge in [0.1, 0.15) is 0 Å². The highest BCUT2D eigenvalue weighted by atomic mass is 32.1. The number of likely N-dealkylation sites (N-methyl/N-ethyl adjacent to an activating group) is 1. The van der Waals surface area contributed by atoms with E-state index in [2.05, 4.69) is 74.9 Å². The van der Waals surface area contributed by atoms with Crippen LogP contribution in [-0.2, 0) is 16.1 Å². The summed E-state index contributed by atoms with van der Waals surface area (Å²) in [5, 5.41) is 7.80. The molecule has 2 aromatic rings. The van der Waals surface area contributed by atoms with Crippen LogP contribution in [0, 0.1) is 0 Å². The van der Waals surface area contributed by atoms with E-state index in [-0.39, 0.29) is 12.1 Å². The van der Waals surface area contributed by atoms with E-state index >= 15 is 0 Å². The first-order valence-corrected chi connectivity index (χ1v) is 13.2. The fourth-order valence-electron chi connectivity index (χ4n) is 4.54. The van der Waals surface area contributed by atoms with Gasteiger partial charge in [0.05, 0.1) is 6.04 Å². The summed E-state index contributed by atoms with van der Waals surface area (Å²) in [7, 11) is 0. The number of hydrogen-bond donors (Lipinski definition) is 2. The lowest BCUT2D eigenvalue weighted by molar-refractivity contribution is -0.139. The summed E-state index contributed by atoms with van der Waals surface area (Å²) < 4.78 is 0. The van der Waals surface area contributed by atoms with Crippen molar-refractivity contribution in [1.82, 2.24) is 25.3 Å². The number of rotatable bonds is 11. The minimum absolute atomic E-state index is 0.0475. The molecule has 2 N–H and O–H groups in total. The number of carbonyl (C=O) groups excluding carboxylic acids is 2. The summed E-state index contributed by atoms with van der Waals surface area (Å²) in [4.78, 5) is 33.3. The van der Waals surface area contributed by atoms with Gasteiger partial charge in [-0.15, -0.1) is 11.3 Å². The molecule has 1 fully saturated rings. The van der Waals surface area contributed by atoms with Crippen molar-refractivity contribution >= 4 is 23.2 Å². The molecule has 1 saturated heterocycles. The highest BCUT2D eigenvalue weighted by Gasteiger charge is 2.31. The van der Waals surface area contributed by atoms with E-state index in [4.69, 9.17) is 0 Å². The van der Waals surface area contributed by atoms with Gasteiger partial charge in [-0.05, 0) is 37.0 Å². The quantitative estimate of drug-likeness (QED) is 0.479. The number of benzene rings is 1. The lowest BCUT2D eigenvalue weighted by Gasteiger charge is -2.41. The predicted molar refractivity (Wildman–Crippen MR) is 139 cm³/mol. The molecule has 0 saturated carbocycles. The SMILES string of the molecule is CCN(CC)CCNC(=O)C(=O)NC(C)C(c1cccs1)N1CCN(Cc2ccccc2)CC1. The second-order valence-electron chi connectivity index (χ2n) is 8.80. The van der Waals surface area contributed by atoms with Gasteiger partial charge in [0.15, 0.2) is 0 Å². The highest BCUT2D eigenvalue weighted by molar-refractivity contribution is 7.10. The summed E-state index contributed by atoms with van der Waals surface area (Å²) in [6.07, 6.45) is 0.